The van der Waals surface area contributed by atoms with E-state index in [1.807, 2.05) is 27.7 Å². The van der Waals surface area contributed by atoms with Gasteiger partial charge in [0.1, 0.15) is 6.26 Å². The van der Waals surface area contributed by atoms with Gasteiger partial charge in [-0.25, -0.2) is 0 Å². The summed E-state index contributed by atoms with van der Waals surface area (Å²) in [5, 5.41) is 0. The fraction of sp³-hybridized carbons (Fsp3) is 0.765. The number of hydrogen-bond acceptors (Lipinski definition) is 5. The van der Waals surface area contributed by atoms with Gasteiger partial charge in [-0.15, -0.1) is 0 Å². The van der Waals surface area contributed by atoms with Crippen LogP contribution in [0, 0.1) is 0 Å². The Morgan fingerprint density at radius 1 is 0.955 bits per heavy atom. The van der Waals surface area contributed by atoms with Crippen LogP contribution < -0.4 is 0 Å². The molecule has 0 aliphatic heterocycles. The highest BCUT2D eigenvalue weighted by molar-refractivity contribution is 5.20. The Morgan fingerprint density at radius 3 is 2.18 bits per heavy atom. The monoisotopic (exact) mass is 316 g/mol. The first kappa shape index (κ1) is 20.5. The molecule has 5 nitrogen and oxygen atoms in total. The lowest BCUT2D eigenvalue weighted by Gasteiger charge is -2.20. The molecule has 0 fully saturated rings. The molecule has 0 aromatic carbocycles. The molecule has 0 bridgehead atoms. The summed E-state index contributed by atoms with van der Waals surface area (Å²) < 4.78 is 28.1. The summed E-state index contributed by atoms with van der Waals surface area (Å²) in [6.07, 6.45) is 4.35. The van der Waals surface area contributed by atoms with Gasteiger partial charge in [0, 0.05) is 0 Å². The van der Waals surface area contributed by atoms with Gasteiger partial charge in [0.2, 0.25) is 11.5 Å². The predicted octanol–water partition coefficient (Wildman–Crippen LogP) is 4.35. The maximum Gasteiger partial charge on any atom is 0.327 e. The van der Waals surface area contributed by atoms with Crippen LogP contribution in [0.4, 0.5) is 0 Å². The molecule has 22 heavy (non-hydrogen) atoms. The van der Waals surface area contributed by atoms with E-state index in [9.17, 15) is 0 Å². The lowest BCUT2D eigenvalue weighted by Crippen LogP contribution is -2.14. The van der Waals surface area contributed by atoms with Crippen LogP contribution in [0.25, 0.3) is 0 Å². The second kappa shape index (κ2) is 13.2. The van der Waals surface area contributed by atoms with Gasteiger partial charge >= 0.3 is 5.95 Å². The van der Waals surface area contributed by atoms with Crippen molar-refractivity contribution in [2.75, 3.05) is 26.9 Å². The van der Waals surface area contributed by atoms with Crippen LogP contribution in [0.15, 0.2) is 23.7 Å². The van der Waals surface area contributed by atoms with Crippen molar-refractivity contribution in [3.05, 3.63) is 23.7 Å². The smallest absolute Gasteiger partial charge is 0.327 e. The lowest BCUT2D eigenvalue weighted by atomic mass is 10.3. The maximum absolute atomic E-state index is 5.81. The third-order valence-electron chi connectivity index (χ3n) is 2.46. The molecule has 0 aliphatic carbocycles. The van der Waals surface area contributed by atoms with Crippen LogP contribution in [0.3, 0.4) is 0 Å². The van der Waals surface area contributed by atoms with Crippen molar-refractivity contribution >= 4 is 0 Å². The SMILES string of the molecule is CCCCOC(OC(C)C)=C(OCCC)C(=COC)OCC. The Labute approximate surface area is 135 Å². The number of hydrogen-bond donors (Lipinski definition) is 0. The van der Waals surface area contributed by atoms with Gasteiger partial charge in [0.25, 0.3) is 0 Å². The van der Waals surface area contributed by atoms with Crippen molar-refractivity contribution in [3.8, 4) is 0 Å². The molecule has 0 spiro atoms. The summed E-state index contributed by atoms with van der Waals surface area (Å²) in [6, 6.07) is 0. The van der Waals surface area contributed by atoms with Crippen molar-refractivity contribution in [2.45, 2.75) is 60.0 Å². The summed E-state index contributed by atoms with van der Waals surface area (Å²) in [4.78, 5) is 0. The zero-order chi connectivity index (χ0) is 16.8. The molecule has 0 unspecified atom stereocenters. The molecule has 5 heteroatoms. The minimum atomic E-state index is -0.0257. The molecule has 0 aliphatic rings. The summed E-state index contributed by atoms with van der Waals surface area (Å²) in [6.45, 7) is 11.6. The maximum atomic E-state index is 5.81. The van der Waals surface area contributed by atoms with Gasteiger partial charge in [-0.05, 0) is 33.6 Å². The fourth-order valence-electron chi connectivity index (χ4n) is 1.53. The largest absolute Gasteiger partial charge is 0.500 e. The van der Waals surface area contributed by atoms with Crippen LogP contribution in [0.1, 0.15) is 53.9 Å². The van der Waals surface area contributed by atoms with Crippen molar-refractivity contribution in [1.82, 2.24) is 0 Å². The molecule has 0 heterocycles. The minimum absolute atomic E-state index is 0.0257. The van der Waals surface area contributed by atoms with Gasteiger partial charge in [-0.3, -0.25) is 0 Å². The zero-order valence-corrected chi connectivity index (χ0v) is 14.9. The number of rotatable bonds is 13. The Morgan fingerprint density at radius 2 is 1.68 bits per heavy atom. The van der Waals surface area contributed by atoms with Gasteiger partial charge in [0.05, 0.1) is 33.0 Å². The van der Waals surface area contributed by atoms with E-state index in [0.717, 1.165) is 19.3 Å². The van der Waals surface area contributed by atoms with E-state index in [-0.39, 0.29) is 6.10 Å². The Balaban J connectivity index is 5.44. The van der Waals surface area contributed by atoms with Crippen molar-refractivity contribution in [1.29, 1.82) is 0 Å². The normalized spacial score (nSPS) is 12.8. The van der Waals surface area contributed by atoms with E-state index >= 15 is 0 Å². The molecule has 0 saturated carbocycles. The summed E-state index contributed by atoms with van der Waals surface area (Å²) in [7, 11) is 1.57. The van der Waals surface area contributed by atoms with E-state index in [4.69, 9.17) is 23.7 Å². The predicted molar refractivity (Wildman–Crippen MR) is 87.1 cm³/mol. The highest BCUT2D eigenvalue weighted by atomic mass is 16.7. The average Bonchev–Trinajstić information content (AvgIpc) is 2.47. The second-order valence-corrected chi connectivity index (χ2v) is 4.98. The van der Waals surface area contributed by atoms with Gasteiger partial charge in [-0.2, -0.15) is 0 Å². The molecular formula is C17H32O5. The van der Waals surface area contributed by atoms with Crippen molar-refractivity contribution in [3.63, 3.8) is 0 Å². The quantitative estimate of drug-likeness (QED) is 0.287. The van der Waals surface area contributed by atoms with Crippen LogP contribution in [-0.2, 0) is 23.7 Å². The van der Waals surface area contributed by atoms with E-state index in [2.05, 4.69) is 6.92 Å². The van der Waals surface area contributed by atoms with Crippen LogP contribution >= 0.6 is 0 Å². The molecular weight excluding hydrogens is 284 g/mol. The summed E-state index contributed by atoms with van der Waals surface area (Å²) >= 11 is 0. The van der Waals surface area contributed by atoms with Crippen molar-refractivity contribution in [2.24, 2.45) is 0 Å². The summed E-state index contributed by atoms with van der Waals surface area (Å²) in [5.74, 6) is 1.29. The minimum Gasteiger partial charge on any atom is -0.500 e. The highest BCUT2D eigenvalue weighted by Gasteiger charge is 2.20. The fourth-order valence-corrected chi connectivity index (χ4v) is 1.53. The second-order valence-electron chi connectivity index (χ2n) is 4.98. The molecule has 0 aromatic heterocycles. The molecule has 0 aromatic rings. The molecule has 0 radical (unpaired) electrons. The average molecular weight is 316 g/mol. The van der Waals surface area contributed by atoms with Gasteiger partial charge in [-0.1, -0.05) is 20.3 Å². The van der Waals surface area contributed by atoms with Crippen LogP contribution in [0.5, 0.6) is 0 Å². The molecule has 0 rings (SSSR count). The van der Waals surface area contributed by atoms with Crippen molar-refractivity contribution < 1.29 is 23.7 Å². The Hall–Kier alpha value is -1.52. The zero-order valence-electron chi connectivity index (χ0n) is 14.9. The number of ether oxygens (including phenoxy) is 5. The van der Waals surface area contributed by atoms with Gasteiger partial charge < -0.3 is 23.7 Å². The molecule has 0 saturated heterocycles. The first-order valence-corrected chi connectivity index (χ1v) is 8.13. The molecule has 0 amide bonds. The molecule has 0 atom stereocenters. The topological polar surface area (TPSA) is 46.2 Å². The van der Waals surface area contributed by atoms with E-state index in [0.29, 0.717) is 37.3 Å². The van der Waals surface area contributed by atoms with E-state index < -0.39 is 0 Å². The van der Waals surface area contributed by atoms with Crippen LogP contribution in [0.2, 0.25) is 0 Å². The first-order valence-electron chi connectivity index (χ1n) is 8.13. The van der Waals surface area contributed by atoms with E-state index in [1.165, 1.54) is 6.26 Å². The molecule has 0 N–H and O–H groups in total. The lowest BCUT2D eigenvalue weighted by molar-refractivity contribution is -0.0167. The highest BCUT2D eigenvalue weighted by Crippen LogP contribution is 2.22. The van der Waals surface area contributed by atoms with E-state index in [1.54, 1.807) is 7.11 Å². The third kappa shape index (κ3) is 8.70. The first-order chi connectivity index (χ1) is 10.6. The Kier molecular flexibility index (Phi) is 12.3. The standard InChI is InChI=1S/C17H32O5/c1-7-10-12-21-17(22-14(4)5)16(20-11-8-2)15(13-18-6)19-9-3/h13-14H,7-12H2,1-6H3. The van der Waals surface area contributed by atoms with Crippen LogP contribution in [-0.4, -0.2) is 33.0 Å². The van der Waals surface area contributed by atoms with Gasteiger partial charge in [0.15, 0.2) is 0 Å². The Bertz CT molecular complexity index is 334. The molecule has 130 valence electrons. The number of unbranched alkanes of at least 4 members (excludes halogenated alkanes) is 1. The third-order valence-corrected chi connectivity index (χ3v) is 2.46. The summed E-state index contributed by atoms with van der Waals surface area (Å²) in [5.41, 5.74) is 0. The number of methoxy groups -OCH3 is 1.